The molecule has 1 amide bonds. The van der Waals surface area contributed by atoms with Crippen LogP contribution in [0.4, 0.5) is 5.69 Å². The second-order valence-corrected chi connectivity index (χ2v) is 7.78. The van der Waals surface area contributed by atoms with E-state index in [0.717, 1.165) is 11.1 Å². The zero-order chi connectivity index (χ0) is 24.7. The average Bonchev–Trinajstić information content (AvgIpc) is 3.09. The molecule has 2 aromatic carbocycles. The van der Waals surface area contributed by atoms with E-state index in [0.29, 0.717) is 61.2 Å². The monoisotopic (exact) mass is 466 g/mol. The van der Waals surface area contributed by atoms with E-state index in [1.54, 1.807) is 30.7 Å². The summed E-state index contributed by atoms with van der Waals surface area (Å²) in [5, 5.41) is 18.4. The van der Waals surface area contributed by atoms with E-state index in [2.05, 4.69) is 10.4 Å². The summed E-state index contributed by atoms with van der Waals surface area (Å²) >= 11 is 0. The van der Waals surface area contributed by atoms with Gasteiger partial charge in [-0.25, -0.2) is 0 Å². The van der Waals surface area contributed by atoms with Gasteiger partial charge in [-0.15, -0.1) is 0 Å². The maximum Gasteiger partial charge on any atom is 0.312 e. The first-order valence-electron chi connectivity index (χ1n) is 11.3. The molecule has 0 aliphatic rings. The Morgan fingerprint density at radius 3 is 2.29 bits per heavy atom. The van der Waals surface area contributed by atoms with Crippen molar-refractivity contribution < 1.29 is 19.2 Å². The number of aryl methyl sites for hydroxylation is 1. The summed E-state index contributed by atoms with van der Waals surface area (Å²) < 4.78 is 12.8. The average molecular weight is 467 g/mol. The molecule has 3 rings (SSSR count). The van der Waals surface area contributed by atoms with Gasteiger partial charge in [0.05, 0.1) is 24.7 Å². The highest BCUT2D eigenvalue weighted by atomic mass is 16.6. The molecule has 0 fully saturated rings. The SMILES string of the molecule is CCOc1ccc(CCNC(=O)c2ccc(Cn3nc(C)c([N+](=O)[O-])c3C)cc2)cc1OCC. The van der Waals surface area contributed by atoms with Crippen LogP contribution in [0, 0.1) is 24.0 Å². The minimum Gasteiger partial charge on any atom is -0.490 e. The summed E-state index contributed by atoms with van der Waals surface area (Å²) in [6.45, 7) is 9.15. The third kappa shape index (κ3) is 5.92. The Kier molecular flexibility index (Phi) is 8.24. The van der Waals surface area contributed by atoms with Crippen LogP contribution in [0.25, 0.3) is 0 Å². The highest BCUT2D eigenvalue weighted by molar-refractivity contribution is 5.94. The van der Waals surface area contributed by atoms with Gasteiger partial charge >= 0.3 is 5.69 Å². The standard InChI is InChI=1S/C25H30N4O5/c1-5-33-22-12-9-19(15-23(22)34-6-2)13-14-26-25(30)21-10-7-20(8-11-21)16-28-18(4)24(29(31)32)17(3)27-28/h7-12,15H,5-6,13-14,16H2,1-4H3,(H,26,30). The molecule has 0 atom stereocenters. The van der Waals surface area contributed by atoms with E-state index in [1.807, 2.05) is 44.2 Å². The first-order valence-corrected chi connectivity index (χ1v) is 11.3. The molecule has 3 aromatic rings. The number of aromatic nitrogens is 2. The quantitative estimate of drug-likeness (QED) is 0.335. The van der Waals surface area contributed by atoms with Gasteiger partial charge in [0.15, 0.2) is 11.5 Å². The van der Waals surface area contributed by atoms with E-state index in [9.17, 15) is 14.9 Å². The molecule has 180 valence electrons. The number of nitrogens with one attached hydrogen (secondary N) is 1. The predicted octanol–water partition coefficient (Wildman–Crippen LogP) is 4.23. The summed E-state index contributed by atoms with van der Waals surface area (Å²) in [4.78, 5) is 23.3. The van der Waals surface area contributed by atoms with Crippen LogP contribution in [-0.4, -0.2) is 40.4 Å². The van der Waals surface area contributed by atoms with Crippen molar-refractivity contribution in [3.63, 3.8) is 0 Å². The lowest BCUT2D eigenvalue weighted by Gasteiger charge is -2.12. The molecule has 0 aliphatic heterocycles. The number of carbonyl (C=O) groups excluding carboxylic acids is 1. The third-order valence-electron chi connectivity index (χ3n) is 5.38. The van der Waals surface area contributed by atoms with Crippen LogP contribution in [0.2, 0.25) is 0 Å². The lowest BCUT2D eigenvalue weighted by molar-refractivity contribution is -0.386. The molecule has 0 aliphatic carbocycles. The van der Waals surface area contributed by atoms with Crippen LogP contribution in [0.15, 0.2) is 42.5 Å². The van der Waals surface area contributed by atoms with Crippen molar-refractivity contribution in [3.05, 3.63) is 80.7 Å². The van der Waals surface area contributed by atoms with Crippen LogP contribution in [0.1, 0.15) is 46.7 Å². The van der Waals surface area contributed by atoms with Crippen molar-refractivity contribution in [1.29, 1.82) is 0 Å². The Hall–Kier alpha value is -3.88. The van der Waals surface area contributed by atoms with E-state index >= 15 is 0 Å². The van der Waals surface area contributed by atoms with Crippen molar-refractivity contribution in [2.45, 2.75) is 40.7 Å². The van der Waals surface area contributed by atoms with E-state index in [1.165, 1.54) is 0 Å². The molecule has 9 nitrogen and oxygen atoms in total. The fourth-order valence-electron chi connectivity index (χ4n) is 3.71. The van der Waals surface area contributed by atoms with Crippen LogP contribution in [0.5, 0.6) is 11.5 Å². The van der Waals surface area contributed by atoms with E-state index in [-0.39, 0.29) is 11.6 Å². The van der Waals surface area contributed by atoms with Gasteiger partial charge in [0, 0.05) is 12.1 Å². The molecule has 0 radical (unpaired) electrons. The van der Waals surface area contributed by atoms with E-state index < -0.39 is 4.92 Å². The van der Waals surface area contributed by atoms with Crippen molar-refractivity contribution in [2.24, 2.45) is 0 Å². The van der Waals surface area contributed by atoms with Gasteiger partial charge in [0.25, 0.3) is 5.91 Å². The molecule has 1 heterocycles. The van der Waals surface area contributed by atoms with Gasteiger partial charge < -0.3 is 14.8 Å². The fraction of sp³-hybridized carbons (Fsp3) is 0.360. The maximum absolute atomic E-state index is 12.5. The molecular formula is C25H30N4O5. The minimum atomic E-state index is -0.410. The Balaban J connectivity index is 1.57. The summed E-state index contributed by atoms with van der Waals surface area (Å²) in [7, 11) is 0. The van der Waals surface area contributed by atoms with Crippen molar-refractivity contribution in [3.8, 4) is 11.5 Å². The Labute approximate surface area is 198 Å². The van der Waals surface area contributed by atoms with E-state index in [4.69, 9.17) is 9.47 Å². The lowest BCUT2D eigenvalue weighted by atomic mass is 10.1. The lowest BCUT2D eigenvalue weighted by Crippen LogP contribution is -2.25. The Bertz CT molecular complexity index is 1150. The molecule has 1 aromatic heterocycles. The molecule has 0 saturated carbocycles. The summed E-state index contributed by atoms with van der Waals surface area (Å²) in [5.74, 6) is 1.26. The maximum atomic E-state index is 12.5. The number of nitro groups is 1. The fourth-order valence-corrected chi connectivity index (χ4v) is 3.71. The molecule has 9 heteroatoms. The number of carbonyl (C=O) groups is 1. The number of hydrogen-bond donors (Lipinski definition) is 1. The smallest absolute Gasteiger partial charge is 0.312 e. The highest BCUT2D eigenvalue weighted by Crippen LogP contribution is 2.28. The summed E-state index contributed by atoms with van der Waals surface area (Å²) in [6, 6.07) is 13.0. The second-order valence-electron chi connectivity index (χ2n) is 7.78. The molecule has 34 heavy (non-hydrogen) atoms. The summed E-state index contributed by atoms with van der Waals surface area (Å²) in [5.41, 5.74) is 3.42. The van der Waals surface area contributed by atoms with Gasteiger partial charge in [-0.05, 0) is 69.5 Å². The minimum absolute atomic E-state index is 0.0388. The molecule has 0 saturated heterocycles. The molecule has 0 unspecified atom stereocenters. The zero-order valence-electron chi connectivity index (χ0n) is 20.0. The van der Waals surface area contributed by atoms with Gasteiger partial charge in [0.2, 0.25) is 0 Å². The number of nitrogens with zero attached hydrogens (tertiary/aromatic N) is 3. The first-order chi connectivity index (χ1) is 16.3. The van der Waals surface area contributed by atoms with Gasteiger partial charge in [0.1, 0.15) is 11.4 Å². The Morgan fingerprint density at radius 1 is 1.03 bits per heavy atom. The number of ether oxygens (including phenoxy) is 2. The van der Waals surface area contributed by atoms with Gasteiger partial charge in [-0.1, -0.05) is 18.2 Å². The number of benzene rings is 2. The first kappa shape index (κ1) is 24.8. The normalized spacial score (nSPS) is 10.7. The highest BCUT2D eigenvalue weighted by Gasteiger charge is 2.21. The summed E-state index contributed by atoms with van der Waals surface area (Å²) in [6.07, 6.45) is 0.660. The molecule has 1 N–H and O–H groups in total. The largest absolute Gasteiger partial charge is 0.490 e. The van der Waals surface area contributed by atoms with Crippen LogP contribution < -0.4 is 14.8 Å². The predicted molar refractivity (Wildman–Crippen MR) is 129 cm³/mol. The molecule has 0 spiro atoms. The topological polar surface area (TPSA) is 109 Å². The van der Waals surface area contributed by atoms with Crippen LogP contribution >= 0.6 is 0 Å². The zero-order valence-corrected chi connectivity index (χ0v) is 20.0. The molecular weight excluding hydrogens is 436 g/mol. The second kappa shape index (κ2) is 11.3. The number of amides is 1. The van der Waals surface area contributed by atoms with Crippen molar-refractivity contribution in [1.82, 2.24) is 15.1 Å². The van der Waals surface area contributed by atoms with Gasteiger partial charge in [-0.3, -0.25) is 19.6 Å². The van der Waals surface area contributed by atoms with Crippen molar-refractivity contribution >= 4 is 11.6 Å². The third-order valence-corrected chi connectivity index (χ3v) is 5.38. The number of rotatable bonds is 11. The molecule has 0 bridgehead atoms. The van der Waals surface area contributed by atoms with Crippen molar-refractivity contribution in [2.75, 3.05) is 19.8 Å². The Morgan fingerprint density at radius 2 is 1.68 bits per heavy atom. The van der Waals surface area contributed by atoms with Crippen LogP contribution in [-0.2, 0) is 13.0 Å². The van der Waals surface area contributed by atoms with Crippen LogP contribution in [0.3, 0.4) is 0 Å². The van der Waals surface area contributed by atoms with Gasteiger partial charge in [-0.2, -0.15) is 5.10 Å². The number of hydrogen-bond acceptors (Lipinski definition) is 6.